The number of H-pyrrole nitrogens is 1. The molecule has 0 radical (unpaired) electrons. The van der Waals surface area contributed by atoms with Gasteiger partial charge < -0.3 is 10.1 Å². The molecule has 0 aliphatic carbocycles. The van der Waals surface area contributed by atoms with Gasteiger partial charge in [-0.1, -0.05) is 0 Å². The number of nitrogens with zero attached hydrogens (tertiary/aromatic N) is 1. The molecule has 1 aromatic heterocycles. The van der Waals surface area contributed by atoms with E-state index < -0.39 is 5.79 Å². The molecule has 1 heterocycles. The maximum atomic E-state index is 9.44. The van der Waals surface area contributed by atoms with Gasteiger partial charge in [-0.05, 0) is 23.8 Å². The summed E-state index contributed by atoms with van der Waals surface area (Å²) in [5, 5.41) is 11.1. The minimum atomic E-state index is -1.35. The predicted molar refractivity (Wildman–Crippen MR) is 65.0 cm³/mol. The first-order valence-electron chi connectivity index (χ1n) is 5.06. The molecule has 0 fully saturated rings. The third kappa shape index (κ3) is 2.23. The first-order valence-corrected chi connectivity index (χ1v) is 5.06. The highest BCUT2D eigenvalue weighted by atomic mass is 16.3. The zero-order valence-electron chi connectivity index (χ0n) is 9.22. The molecule has 0 aliphatic heterocycles. The van der Waals surface area contributed by atoms with Crippen molar-refractivity contribution in [1.82, 2.24) is 10.1 Å². The fourth-order valence-electron chi connectivity index (χ4n) is 1.71. The van der Waals surface area contributed by atoms with E-state index in [1.54, 1.807) is 24.4 Å². The van der Waals surface area contributed by atoms with Crippen LogP contribution in [0.4, 0.5) is 0 Å². The van der Waals surface area contributed by atoms with Crippen molar-refractivity contribution in [3.05, 3.63) is 30.0 Å². The van der Waals surface area contributed by atoms with E-state index in [1.807, 2.05) is 0 Å². The maximum absolute atomic E-state index is 9.44. The molecule has 0 saturated carbocycles. The van der Waals surface area contributed by atoms with Gasteiger partial charge in [0.15, 0.2) is 5.79 Å². The number of hydrazine groups is 2. The predicted octanol–water partition coefficient (Wildman–Crippen LogP) is -0.963. The van der Waals surface area contributed by atoms with E-state index in [4.69, 9.17) is 23.2 Å². The van der Waals surface area contributed by atoms with Gasteiger partial charge in [-0.2, -0.15) is 5.12 Å². The van der Waals surface area contributed by atoms with Gasteiger partial charge in [0.25, 0.3) is 0 Å². The number of phenols is 1. The van der Waals surface area contributed by atoms with Crippen LogP contribution in [0.2, 0.25) is 0 Å². The van der Waals surface area contributed by atoms with Crippen LogP contribution in [-0.2, 0) is 6.42 Å². The molecule has 0 amide bonds. The summed E-state index contributed by atoms with van der Waals surface area (Å²) in [4.78, 5) is 3.05. The smallest absolute Gasteiger partial charge is 0.151 e. The van der Waals surface area contributed by atoms with Gasteiger partial charge in [0.05, 0.1) is 0 Å². The monoisotopic (exact) mass is 236 g/mol. The lowest BCUT2D eigenvalue weighted by Gasteiger charge is -2.30. The molecule has 1 aromatic carbocycles. The van der Waals surface area contributed by atoms with Crippen molar-refractivity contribution in [3.8, 4) is 5.75 Å². The summed E-state index contributed by atoms with van der Waals surface area (Å²) in [6.45, 7) is 0. The van der Waals surface area contributed by atoms with Crippen molar-refractivity contribution >= 4 is 10.9 Å². The second-order valence-corrected chi connectivity index (χ2v) is 4.12. The standard InChI is InChI=1S/C10H16N6O/c11-10(12,16(13)14)4-6-5-15-9-2-1-7(17)3-8(6)9/h1-3,5,15,17H,4,11-14H2. The van der Waals surface area contributed by atoms with E-state index in [2.05, 4.69) is 4.98 Å². The Hall–Kier alpha value is -1.64. The highest BCUT2D eigenvalue weighted by molar-refractivity contribution is 5.84. The van der Waals surface area contributed by atoms with Gasteiger partial charge in [-0.3, -0.25) is 23.2 Å². The molecule has 2 aromatic rings. The van der Waals surface area contributed by atoms with Crippen LogP contribution >= 0.6 is 0 Å². The molecular weight excluding hydrogens is 220 g/mol. The Balaban J connectivity index is 2.40. The van der Waals surface area contributed by atoms with Crippen molar-refractivity contribution in [2.75, 3.05) is 0 Å². The lowest BCUT2D eigenvalue weighted by atomic mass is 10.1. The lowest BCUT2D eigenvalue weighted by molar-refractivity contribution is 0.0988. The number of benzene rings is 1. The molecule has 0 atom stereocenters. The van der Waals surface area contributed by atoms with Crippen molar-refractivity contribution in [3.63, 3.8) is 0 Å². The number of nitrogens with one attached hydrogen (secondary N) is 1. The molecule has 10 N–H and O–H groups in total. The zero-order valence-corrected chi connectivity index (χ0v) is 9.22. The van der Waals surface area contributed by atoms with Crippen LogP contribution in [0.25, 0.3) is 10.9 Å². The van der Waals surface area contributed by atoms with E-state index in [0.717, 1.165) is 21.6 Å². The SMILES string of the molecule is NN(N)C(N)(N)Cc1c[nH]c2ccc(O)cc12. The summed E-state index contributed by atoms with van der Waals surface area (Å²) < 4.78 is 0. The first kappa shape index (κ1) is 11.8. The van der Waals surface area contributed by atoms with Crippen molar-refractivity contribution in [2.24, 2.45) is 23.2 Å². The molecule has 2 rings (SSSR count). The van der Waals surface area contributed by atoms with E-state index >= 15 is 0 Å². The van der Waals surface area contributed by atoms with Crippen LogP contribution in [0.1, 0.15) is 5.56 Å². The van der Waals surface area contributed by atoms with Crippen LogP contribution in [0.15, 0.2) is 24.4 Å². The first-order chi connectivity index (χ1) is 7.90. The van der Waals surface area contributed by atoms with E-state index in [0.29, 0.717) is 0 Å². The van der Waals surface area contributed by atoms with Crippen LogP contribution in [0, 0.1) is 0 Å². The number of fused-ring (bicyclic) bond motifs is 1. The van der Waals surface area contributed by atoms with Gasteiger partial charge in [0.2, 0.25) is 0 Å². The lowest BCUT2D eigenvalue weighted by Crippen LogP contribution is -2.69. The van der Waals surface area contributed by atoms with Crippen LogP contribution < -0.4 is 23.2 Å². The average Bonchev–Trinajstić information content (AvgIpc) is 2.60. The number of phenolic OH excluding ortho intramolecular Hbond substituents is 1. The number of aromatic amines is 1. The second kappa shape index (κ2) is 3.99. The average molecular weight is 236 g/mol. The molecular formula is C10H16N6O. The van der Waals surface area contributed by atoms with Crippen molar-refractivity contribution in [1.29, 1.82) is 0 Å². The van der Waals surface area contributed by atoms with Crippen LogP contribution in [-0.4, -0.2) is 21.0 Å². The number of aromatic nitrogens is 1. The Bertz CT molecular complexity index is 533. The van der Waals surface area contributed by atoms with Gasteiger partial charge in [-0.15, -0.1) is 0 Å². The van der Waals surface area contributed by atoms with Crippen molar-refractivity contribution < 1.29 is 5.11 Å². The Kier molecular flexibility index (Phi) is 2.77. The number of aromatic hydroxyl groups is 1. The quantitative estimate of drug-likeness (QED) is 0.230. The summed E-state index contributed by atoms with van der Waals surface area (Å²) >= 11 is 0. The second-order valence-electron chi connectivity index (χ2n) is 4.12. The molecule has 92 valence electrons. The number of nitrogens with two attached hydrogens (primary N) is 4. The minimum Gasteiger partial charge on any atom is -0.508 e. The number of hydrogen-bond acceptors (Lipinski definition) is 6. The van der Waals surface area contributed by atoms with Gasteiger partial charge >= 0.3 is 0 Å². The molecule has 17 heavy (non-hydrogen) atoms. The Morgan fingerprint density at radius 3 is 2.65 bits per heavy atom. The normalized spacial score (nSPS) is 12.5. The largest absolute Gasteiger partial charge is 0.508 e. The maximum Gasteiger partial charge on any atom is 0.151 e. The van der Waals surface area contributed by atoms with Gasteiger partial charge in [0.1, 0.15) is 5.75 Å². The molecule has 0 spiro atoms. The van der Waals surface area contributed by atoms with E-state index in [-0.39, 0.29) is 12.2 Å². The minimum absolute atomic E-state index is 0.176. The summed E-state index contributed by atoms with van der Waals surface area (Å²) in [6.07, 6.45) is 2.02. The fourth-order valence-corrected chi connectivity index (χ4v) is 1.71. The number of rotatable bonds is 3. The third-order valence-corrected chi connectivity index (χ3v) is 2.71. The van der Waals surface area contributed by atoms with Crippen LogP contribution in [0.3, 0.4) is 0 Å². The molecule has 7 nitrogen and oxygen atoms in total. The summed E-state index contributed by atoms with van der Waals surface area (Å²) in [5.74, 6) is 9.55. The summed E-state index contributed by atoms with van der Waals surface area (Å²) in [5.41, 5.74) is 13.2. The van der Waals surface area contributed by atoms with E-state index in [1.165, 1.54) is 0 Å². The van der Waals surface area contributed by atoms with Crippen LogP contribution in [0.5, 0.6) is 5.75 Å². The third-order valence-electron chi connectivity index (χ3n) is 2.71. The highest BCUT2D eigenvalue weighted by Crippen LogP contribution is 2.24. The van der Waals surface area contributed by atoms with Crippen molar-refractivity contribution in [2.45, 2.75) is 12.2 Å². The molecule has 0 saturated heterocycles. The van der Waals surface area contributed by atoms with Gasteiger partial charge in [0, 0.05) is 23.5 Å². The van der Waals surface area contributed by atoms with Gasteiger partial charge in [-0.25, -0.2) is 0 Å². The fraction of sp³-hybridized carbons (Fsp3) is 0.200. The highest BCUT2D eigenvalue weighted by Gasteiger charge is 2.25. The molecule has 7 heteroatoms. The molecule has 0 bridgehead atoms. The topological polar surface area (TPSA) is 143 Å². The molecule has 0 aliphatic rings. The van der Waals surface area contributed by atoms with E-state index in [9.17, 15) is 5.11 Å². The number of hydrogen-bond donors (Lipinski definition) is 6. The summed E-state index contributed by atoms with van der Waals surface area (Å²) in [6, 6.07) is 5.00. The molecule has 0 unspecified atom stereocenters. The Labute approximate surface area is 97.9 Å². The summed E-state index contributed by atoms with van der Waals surface area (Å²) in [7, 11) is 0. The zero-order chi connectivity index (χ0) is 12.6. The Morgan fingerprint density at radius 2 is 2.00 bits per heavy atom. The Morgan fingerprint density at radius 1 is 1.29 bits per heavy atom.